The highest BCUT2D eigenvalue weighted by atomic mass is 35.5. The number of halogens is 4. The van der Waals surface area contributed by atoms with E-state index in [1.165, 1.54) is 6.07 Å². The van der Waals surface area contributed by atoms with Gasteiger partial charge in [0.15, 0.2) is 5.82 Å². The van der Waals surface area contributed by atoms with Crippen LogP contribution < -0.4 is 0 Å². The zero-order chi connectivity index (χ0) is 14.3. The summed E-state index contributed by atoms with van der Waals surface area (Å²) < 4.78 is 38.1. The number of aryl methyl sites for hydroxylation is 1. The average Bonchev–Trinajstić information content (AvgIpc) is 2.87. The number of aromatic nitrogens is 2. The molecule has 0 atom stereocenters. The molecule has 6 heteroatoms. The Hall–Kier alpha value is -1.62. The molecule has 104 valence electrons. The Morgan fingerprint density at radius 3 is 2.65 bits per heavy atom. The first-order chi connectivity index (χ1) is 9.45. The third-order valence-corrected chi connectivity index (χ3v) is 3.64. The predicted molar refractivity (Wildman–Crippen MR) is 69.5 cm³/mol. The quantitative estimate of drug-likeness (QED) is 0.733. The zero-order valence-electron chi connectivity index (χ0n) is 10.3. The molecule has 0 spiro atoms. The van der Waals surface area contributed by atoms with Crippen LogP contribution in [0.1, 0.15) is 23.2 Å². The van der Waals surface area contributed by atoms with Crippen LogP contribution in [0.3, 0.4) is 0 Å². The van der Waals surface area contributed by atoms with Crippen LogP contribution in [-0.2, 0) is 19.0 Å². The van der Waals surface area contributed by atoms with Gasteiger partial charge in [-0.1, -0.05) is 23.7 Å². The largest absolute Gasteiger partial charge is 0.416 e. The van der Waals surface area contributed by atoms with E-state index in [0.29, 0.717) is 10.7 Å². The van der Waals surface area contributed by atoms with E-state index < -0.39 is 11.7 Å². The molecule has 1 aromatic carbocycles. The molecule has 2 nitrogen and oxygen atoms in total. The van der Waals surface area contributed by atoms with Gasteiger partial charge in [0.1, 0.15) is 5.15 Å². The number of rotatable bonds is 1. The second-order valence-electron chi connectivity index (χ2n) is 4.70. The molecule has 0 N–H and O–H groups in total. The number of hydrogen-bond donors (Lipinski definition) is 0. The van der Waals surface area contributed by atoms with Crippen molar-refractivity contribution >= 4 is 11.6 Å². The van der Waals surface area contributed by atoms with E-state index in [1.807, 2.05) is 0 Å². The number of hydrogen-bond acceptors (Lipinski definition) is 2. The predicted octanol–water partition coefficient (Wildman–Crippen LogP) is 4.30. The molecule has 0 aliphatic heterocycles. The molecule has 0 radical (unpaired) electrons. The number of fused-ring (bicyclic) bond motifs is 1. The standard InChI is InChI=1S/C14H10ClF3N2/c15-12-10-5-2-6-11(10)19-13(20-12)8-3-1-4-9(7-8)14(16,17)18/h1,3-4,7H,2,5-6H2. The zero-order valence-corrected chi connectivity index (χ0v) is 11.1. The van der Waals surface area contributed by atoms with Crippen LogP contribution >= 0.6 is 11.6 Å². The van der Waals surface area contributed by atoms with Gasteiger partial charge in [-0.25, -0.2) is 9.97 Å². The van der Waals surface area contributed by atoms with Gasteiger partial charge in [0, 0.05) is 16.8 Å². The normalized spacial score (nSPS) is 14.4. The van der Waals surface area contributed by atoms with E-state index in [9.17, 15) is 13.2 Å². The van der Waals surface area contributed by atoms with Gasteiger partial charge < -0.3 is 0 Å². The Balaban J connectivity index is 2.08. The lowest BCUT2D eigenvalue weighted by molar-refractivity contribution is -0.137. The summed E-state index contributed by atoms with van der Waals surface area (Å²) in [5.41, 5.74) is 1.38. The number of alkyl halides is 3. The molecule has 20 heavy (non-hydrogen) atoms. The van der Waals surface area contributed by atoms with Crippen molar-refractivity contribution in [3.63, 3.8) is 0 Å². The molecule has 1 aliphatic carbocycles. The van der Waals surface area contributed by atoms with Crippen molar-refractivity contribution in [2.45, 2.75) is 25.4 Å². The van der Waals surface area contributed by atoms with E-state index in [4.69, 9.17) is 11.6 Å². The van der Waals surface area contributed by atoms with Crippen LogP contribution in [0, 0.1) is 0 Å². The number of benzene rings is 1. The van der Waals surface area contributed by atoms with Gasteiger partial charge in [-0.15, -0.1) is 0 Å². The second-order valence-corrected chi connectivity index (χ2v) is 5.05. The van der Waals surface area contributed by atoms with E-state index in [-0.39, 0.29) is 5.82 Å². The van der Waals surface area contributed by atoms with Crippen LogP contribution in [0.4, 0.5) is 13.2 Å². The third-order valence-electron chi connectivity index (χ3n) is 3.33. The van der Waals surface area contributed by atoms with Gasteiger partial charge in [0.05, 0.1) is 5.56 Å². The monoisotopic (exact) mass is 298 g/mol. The molecule has 1 aliphatic rings. The first-order valence-corrected chi connectivity index (χ1v) is 6.56. The summed E-state index contributed by atoms with van der Waals surface area (Å²) in [4.78, 5) is 8.47. The summed E-state index contributed by atoms with van der Waals surface area (Å²) in [5, 5.41) is 0.347. The fourth-order valence-electron chi connectivity index (χ4n) is 2.35. The second kappa shape index (κ2) is 4.74. The Labute approximate surface area is 118 Å². The molecular weight excluding hydrogens is 289 g/mol. The van der Waals surface area contributed by atoms with Gasteiger partial charge in [0.2, 0.25) is 0 Å². The van der Waals surface area contributed by atoms with Crippen molar-refractivity contribution in [2.24, 2.45) is 0 Å². The summed E-state index contributed by atoms with van der Waals surface area (Å²) in [5.74, 6) is 0.252. The highest BCUT2D eigenvalue weighted by molar-refractivity contribution is 6.30. The van der Waals surface area contributed by atoms with E-state index in [1.54, 1.807) is 6.07 Å². The maximum absolute atomic E-state index is 12.7. The van der Waals surface area contributed by atoms with Crippen LogP contribution in [0.2, 0.25) is 5.15 Å². The number of nitrogens with zero attached hydrogens (tertiary/aromatic N) is 2. The molecule has 0 amide bonds. The van der Waals surface area contributed by atoms with Crippen LogP contribution in [0.5, 0.6) is 0 Å². The maximum atomic E-state index is 12.7. The summed E-state index contributed by atoms with van der Waals surface area (Å²) in [7, 11) is 0. The van der Waals surface area contributed by atoms with Gasteiger partial charge >= 0.3 is 6.18 Å². The lowest BCUT2D eigenvalue weighted by Crippen LogP contribution is -2.05. The summed E-state index contributed by atoms with van der Waals surface area (Å²) in [6.07, 6.45) is -1.80. The first-order valence-electron chi connectivity index (χ1n) is 6.18. The van der Waals surface area contributed by atoms with Crippen molar-refractivity contribution in [2.75, 3.05) is 0 Å². The highest BCUT2D eigenvalue weighted by Gasteiger charge is 2.30. The molecule has 0 saturated heterocycles. The average molecular weight is 299 g/mol. The molecule has 1 aromatic heterocycles. The van der Waals surface area contributed by atoms with Crippen molar-refractivity contribution in [3.05, 3.63) is 46.2 Å². The molecule has 0 fully saturated rings. The molecular formula is C14H10ClF3N2. The van der Waals surface area contributed by atoms with E-state index in [2.05, 4.69) is 9.97 Å². The highest BCUT2D eigenvalue weighted by Crippen LogP contribution is 2.33. The third kappa shape index (κ3) is 2.38. The molecule has 0 saturated carbocycles. The van der Waals surface area contributed by atoms with E-state index in [0.717, 1.165) is 42.7 Å². The minimum atomic E-state index is -4.38. The molecule has 0 unspecified atom stereocenters. The van der Waals surface area contributed by atoms with Crippen molar-refractivity contribution < 1.29 is 13.2 Å². The topological polar surface area (TPSA) is 25.8 Å². The lowest BCUT2D eigenvalue weighted by atomic mass is 10.1. The Kier molecular flexibility index (Phi) is 3.17. The van der Waals surface area contributed by atoms with Crippen LogP contribution in [0.25, 0.3) is 11.4 Å². The minimum Gasteiger partial charge on any atom is -0.233 e. The van der Waals surface area contributed by atoms with Crippen LogP contribution in [-0.4, -0.2) is 9.97 Å². The fraction of sp³-hybridized carbons (Fsp3) is 0.286. The molecule has 1 heterocycles. The smallest absolute Gasteiger partial charge is 0.233 e. The Morgan fingerprint density at radius 1 is 1.10 bits per heavy atom. The van der Waals surface area contributed by atoms with Crippen LogP contribution in [0.15, 0.2) is 24.3 Å². The molecule has 2 aromatic rings. The summed E-state index contributed by atoms with van der Waals surface area (Å²) in [6, 6.07) is 4.98. The Bertz CT molecular complexity index is 668. The lowest BCUT2D eigenvalue weighted by Gasteiger charge is -2.09. The van der Waals surface area contributed by atoms with Gasteiger partial charge in [-0.3, -0.25) is 0 Å². The van der Waals surface area contributed by atoms with Crippen molar-refractivity contribution in [1.82, 2.24) is 9.97 Å². The molecule has 3 rings (SSSR count). The van der Waals surface area contributed by atoms with Crippen molar-refractivity contribution in [1.29, 1.82) is 0 Å². The fourth-order valence-corrected chi connectivity index (χ4v) is 2.63. The minimum absolute atomic E-state index is 0.252. The first kappa shape index (κ1) is 13.4. The van der Waals surface area contributed by atoms with Gasteiger partial charge in [-0.05, 0) is 31.4 Å². The molecule has 0 bridgehead atoms. The Morgan fingerprint density at radius 2 is 1.90 bits per heavy atom. The maximum Gasteiger partial charge on any atom is 0.416 e. The van der Waals surface area contributed by atoms with E-state index >= 15 is 0 Å². The van der Waals surface area contributed by atoms with Gasteiger partial charge in [0.25, 0.3) is 0 Å². The summed E-state index contributed by atoms with van der Waals surface area (Å²) >= 11 is 6.08. The van der Waals surface area contributed by atoms with Crippen molar-refractivity contribution in [3.8, 4) is 11.4 Å². The SMILES string of the molecule is FC(F)(F)c1cccc(-c2nc(Cl)c3c(n2)CCC3)c1. The summed E-state index contributed by atoms with van der Waals surface area (Å²) in [6.45, 7) is 0. The van der Waals surface area contributed by atoms with Gasteiger partial charge in [-0.2, -0.15) is 13.2 Å².